The van der Waals surface area contributed by atoms with Crippen molar-refractivity contribution in [1.82, 2.24) is 4.98 Å². The van der Waals surface area contributed by atoms with E-state index >= 15 is 0 Å². The van der Waals surface area contributed by atoms with Gasteiger partial charge in [0.15, 0.2) is 0 Å². The zero-order valence-electron chi connectivity index (χ0n) is 10.6. The van der Waals surface area contributed by atoms with Gasteiger partial charge in [0.1, 0.15) is 5.82 Å². The molecule has 0 radical (unpaired) electrons. The zero-order chi connectivity index (χ0) is 12.9. The lowest BCUT2D eigenvalue weighted by molar-refractivity contribution is 0.0456. The van der Waals surface area contributed by atoms with Crippen molar-refractivity contribution < 1.29 is 5.11 Å². The minimum atomic E-state index is -0.710. The molecule has 0 saturated carbocycles. The predicted molar refractivity (Wildman–Crippen MR) is 67.7 cm³/mol. The van der Waals surface area contributed by atoms with Crippen molar-refractivity contribution in [2.24, 2.45) is 0 Å². The van der Waals surface area contributed by atoms with Gasteiger partial charge < -0.3 is 10.4 Å². The SMILES string of the molecule is CCC(O)(CC)CNc1cc(C#N)cc(C)n1. The van der Waals surface area contributed by atoms with E-state index in [4.69, 9.17) is 5.26 Å². The number of nitriles is 1. The summed E-state index contributed by atoms with van der Waals surface area (Å²) >= 11 is 0. The van der Waals surface area contributed by atoms with Crippen molar-refractivity contribution in [1.29, 1.82) is 5.26 Å². The third-order valence-corrected chi connectivity index (χ3v) is 3.00. The molecule has 0 bridgehead atoms. The summed E-state index contributed by atoms with van der Waals surface area (Å²) < 4.78 is 0. The van der Waals surface area contributed by atoms with E-state index in [-0.39, 0.29) is 0 Å². The van der Waals surface area contributed by atoms with Crippen molar-refractivity contribution in [3.05, 3.63) is 23.4 Å². The second kappa shape index (κ2) is 5.65. The van der Waals surface area contributed by atoms with E-state index in [0.29, 0.717) is 30.8 Å². The van der Waals surface area contributed by atoms with E-state index < -0.39 is 5.60 Å². The molecule has 0 atom stereocenters. The minimum Gasteiger partial charge on any atom is -0.388 e. The molecule has 1 heterocycles. The summed E-state index contributed by atoms with van der Waals surface area (Å²) in [7, 11) is 0. The third-order valence-electron chi connectivity index (χ3n) is 3.00. The van der Waals surface area contributed by atoms with Crippen LogP contribution in [0.15, 0.2) is 12.1 Å². The molecule has 4 nitrogen and oxygen atoms in total. The lowest BCUT2D eigenvalue weighted by Gasteiger charge is -2.25. The largest absolute Gasteiger partial charge is 0.388 e. The van der Waals surface area contributed by atoms with Crippen molar-refractivity contribution in [3.8, 4) is 6.07 Å². The van der Waals surface area contributed by atoms with Crippen LogP contribution in [0.4, 0.5) is 5.82 Å². The van der Waals surface area contributed by atoms with Gasteiger partial charge in [-0.05, 0) is 31.9 Å². The molecule has 2 N–H and O–H groups in total. The number of anilines is 1. The first-order chi connectivity index (χ1) is 8.03. The van der Waals surface area contributed by atoms with Crippen LogP contribution in [0.2, 0.25) is 0 Å². The molecule has 1 rings (SSSR count). The van der Waals surface area contributed by atoms with Gasteiger partial charge >= 0.3 is 0 Å². The van der Waals surface area contributed by atoms with E-state index in [0.717, 1.165) is 5.69 Å². The second-order valence-electron chi connectivity index (χ2n) is 4.28. The fourth-order valence-corrected chi connectivity index (χ4v) is 1.58. The molecule has 17 heavy (non-hydrogen) atoms. The molecule has 92 valence electrons. The average Bonchev–Trinajstić information content (AvgIpc) is 2.35. The van der Waals surface area contributed by atoms with Crippen LogP contribution < -0.4 is 5.32 Å². The Morgan fingerprint density at radius 2 is 2.06 bits per heavy atom. The summed E-state index contributed by atoms with van der Waals surface area (Å²) in [5.41, 5.74) is 0.665. The van der Waals surface area contributed by atoms with Crippen LogP contribution in [0.1, 0.15) is 37.9 Å². The number of hydrogen-bond donors (Lipinski definition) is 2. The summed E-state index contributed by atoms with van der Waals surface area (Å²) in [5.74, 6) is 0.641. The van der Waals surface area contributed by atoms with Crippen LogP contribution >= 0.6 is 0 Å². The van der Waals surface area contributed by atoms with Crippen LogP contribution in [-0.2, 0) is 0 Å². The number of nitrogens with one attached hydrogen (secondary N) is 1. The van der Waals surface area contributed by atoms with E-state index in [1.54, 1.807) is 12.1 Å². The summed E-state index contributed by atoms with van der Waals surface area (Å²) in [6.45, 7) is 6.20. The first-order valence-corrected chi connectivity index (χ1v) is 5.88. The number of pyridine rings is 1. The molecule has 1 aromatic rings. The highest BCUT2D eigenvalue weighted by Gasteiger charge is 2.21. The van der Waals surface area contributed by atoms with Gasteiger partial charge in [-0.25, -0.2) is 4.98 Å². The van der Waals surface area contributed by atoms with Crippen LogP contribution in [0.3, 0.4) is 0 Å². The van der Waals surface area contributed by atoms with E-state index in [2.05, 4.69) is 16.4 Å². The number of aryl methyl sites for hydroxylation is 1. The first-order valence-electron chi connectivity index (χ1n) is 5.88. The molecular weight excluding hydrogens is 214 g/mol. The first kappa shape index (κ1) is 13.5. The lowest BCUT2D eigenvalue weighted by atomic mass is 9.98. The summed E-state index contributed by atoms with van der Waals surface area (Å²) in [6.07, 6.45) is 1.38. The molecule has 0 aliphatic rings. The highest BCUT2D eigenvalue weighted by atomic mass is 16.3. The van der Waals surface area contributed by atoms with Gasteiger partial charge in [0.25, 0.3) is 0 Å². The third kappa shape index (κ3) is 3.72. The van der Waals surface area contributed by atoms with Gasteiger partial charge in [-0.15, -0.1) is 0 Å². The smallest absolute Gasteiger partial charge is 0.127 e. The Labute approximate surface area is 102 Å². The zero-order valence-corrected chi connectivity index (χ0v) is 10.6. The summed E-state index contributed by atoms with van der Waals surface area (Å²) in [4.78, 5) is 4.28. The maximum absolute atomic E-state index is 10.1. The predicted octanol–water partition coefficient (Wildman–Crippen LogP) is 2.22. The van der Waals surface area contributed by atoms with Gasteiger partial charge in [-0.2, -0.15) is 5.26 Å². The normalized spacial score (nSPS) is 11.0. The van der Waals surface area contributed by atoms with Crippen molar-refractivity contribution in [2.75, 3.05) is 11.9 Å². The number of aromatic nitrogens is 1. The van der Waals surface area contributed by atoms with Crippen molar-refractivity contribution in [3.63, 3.8) is 0 Å². The average molecular weight is 233 g/mol. The van der Waals surface area contributed by atoms with Gasteiger partial charge in [0, 0.05) is 12.2 Å². The Morgan fingerprint density at radius 1 is 1.41 bits per heavy atom. The Kier molecular flexibility index (Phi) is 4.47. The van der Waals surface area contributed by atoms with Gasteiger partial charge in [-0.1, -0.05) is 13.8 Å². The standard InChI is InChI=1S/C13H19N3O/c1-4-13(17,5-2)9-15-12-7-11(8-14)6-10(3)16-12/h6-7,17H,4-5,9H2,1-3H3,(H,15,16). The Hall–Kier alpha value is -1.60. The molecule has 0 aliphatic carbocycles. The molecule has 0 aromatic carbocycles. The molecular formula is C13H19N3O. The monoisotopic (exact) mass is 233 g/mol. The highest BCUT2D eigenvalue weighted by molar-refractivity contribution is 5.44. The quantitative estimate of drug-likeness (QED) is 0.818. The fraction of sp³-hybridized carbons (Fsp3) is 0.538. The summed E-state index contributed by atoms with van der Waals surface area (Å²) in [5, 5.41) is 22.1. The van der Waals surface area contributed by atoms with Crippen molar-refractivity contribution in [2.45, 2.75) is 39.2 Å². The molecule has 0 saturated heterocycles. The highest BCUT2D eigenvalue weighted by Crippen LogP contribution is 2.16. The Bertz CT molecular complexity index is 419. The Balaban J connectivity index is 2.76. The molecule has 0 fully saturated rings. The van der Waals surface area contributed by atoms with Crippen LogP contribution in [-0.4, -0.2) is 22.2 Å². The molecule has 0 aliphatic heterocycles. The Morgan fingerprint density at radius 3 is 2.59 bits per heavy atom. The molecule has 0 spiro atoms. The lowest BCUT2D eigenvalue weighted by Crippen LogP contribution is -2.35. The van der Waals surface area contributed by atoms with Gasteiger partial charge in [-0.3, -0.25) is 0 Å². The maximum Gasteiger partial charge on any atom is 0.127 e. The molecule has 4 heteroatoms. The second-order valence-corrected chi connectivity index (χ2v) is 4.28. The molecule has 1 aromatic heterocycles. The fourth-order valence-electron chi connectivity index (χ4n) is 1.58. The maximum atomic E-state index is 10.1. The topological polar surface area (TPSA) is 68.9 Å². The number of aliphatic hydroxyl groups is 1. The summed E-state index contributed by atoms with van der Waals surface area (Å²) in [6, 6.07) is 5.52. The number of rotatable bonds is 5. The van der Waals surface area contributed by atoms with E-state index in [1.165, 1.54) is 0 Å². The van der Waals surface area contributed by atoms with Crippen LogP contribution in [0.25, 0.3) is 0 Å². The van der Waals surface area contributed by atoms with Crippen LogP contribution in [0.5, 0.6) is 0 Å². The minimum absolute atomic E-state index is 0.446. The van der Waals surface area contributed by atoms with Crippen LogP contribution in [0, 0.1) is 18.3 Å². The molecule has 0 unspecified atom stereocenters. The number of hydrogen-bond acceptors (Lipinski definition) is 4. The number of nitrogens with zero attached hydrogens (tertiary/aromatic N) is 2. The van der Waals surface area contributed by atoms with Crippen molar-refractivity contribution >= 4 is 5.82 Å². The molecule has 0 amide bonds. The van der Waals surface area contributed by atoms with Gasteiger partial charge in [0.2, 0.25) is 0 Å². The van der Waals surface area contributed by atoms with E-state index in [9.17, 15) is 5.11 Å². The van der Waals surface area contributed by atoms with Gasteiger partial charge in [0.05, 0.1) is 17.2 Å². The van der Waals surface area contributed by atoms with E-state index in [1.807, 2.05) is 20.8 Å².